The third-order valence-electron chi connectivity index (χ3n) is 3.90. The van der Waals surface area contributed by atoms with E-state index in [1.54, 1.807) is 24.3 Å². The summed E-state index contributed by atoms with van der Waals surface area (Å²) in [5.74, 6) is -6.59. The molecular weight excluding hydrogens is 330 g/mol. The van der Waals surface area contributed by atoms with Crippen LogP contribution < -0.4 is 0 Å². The van der Waals surface area contributed by atoms with Crippen molar-refractivity contribution in [3.8, 4) is 0 Å². The van der Waals surface area contributed by atoms with Crippen LogP contribution in [0.25, 0.3) is 0 Å². The standard InChI is InChI=1S/C15H13F4N3O2/c1-8-20-21-12(24-8)11-6-9-4-2-3-5-10(9)7-22(11)14(23)15(18,19)13(16)17/h2-5,11,13H,6-7H2,1H3/t11-/m1/s1. The molecule has 0 spiro atoms. The van der Waals surface area contributed by atoms with E-state index in [4.69, 9.17) is 4.42 Å². The molecule has 5 nitrogen and oxygen atoms in total. The van der Waals surface area contributed by atoms with E-state index in [0.717, 1.165) is 5.56 Å². The number of aromatic nitrogens is 2. The lowest BCUT2D eigenvalue weighted by Crippen LogP contribution is -2.50. The highest BCUT2D eigenvalue weighted by Crippen LogP contribution is 2.36. The van der Waals surface area contributed by atoms with Crippen LogP contribution in [-0.4, -0.2) is 33.4 Å². The summed E-state index contributed by atoms with van der Waals surface area (Å²) in [7, 11) is 0. The van der Waals surface area contributed by atoms with Gasteiger partial charge in [0, 0.05) is 19.9 Å². The molecule has 24 heavy (non-hydrogen) atoms. The van der Waals surface area contributed by atoms with Crippen molar-refractivity contribution in [2.75, 3.05) is 0 Å². The number of alkyl halides is 4. The van der Waals surface area contributed by atoms with Crippen LogP contribution in [0.2, 0.25) is 0 Å². The second-order valence-electron chi connectivity index (χ2n) is 5.50. The first-order chi connectivity index (χ1) is 11.3. The van der Waals surface area contributed by atoms with Gasteiger partial charge < -0.3 is 9.32 Å². The van der Waals surface area contributed by atoms with Crippen molar-refractivity contribution in [1.82, 2.24) is 15.1 Å². The predicted molar refractivity (Wildman–Crippen MR) is 73.4 cm³/mol. The van der Waals surface area contributed by atoms with Gasteiger partial charge in [-0.2, -0.15) is 8.78 Å². The summed E-state index contributed by atoms with van der Waals surface area (Å²) in [4.78, 5) is 12.7. The molecule has 1 aliphatic rings. The lowest BCUT2D eigenvalue weighted by Gasteiger charge is -2.36. The van der Waals surface area contributed by atoms with Gasteiger partial charge in [-0.3, -0.25) is 4.79 Å². The molecule has 128 valence electrons. The van der Waals surface area contributed by atoms with Crippen LogP contribution in [-0.2, 0) is 17.8 Å². The highest BCUT2D eigenvalue weighted by Gasteiger charge is 2.53. The zero-order chi connectivity index (χ0) is 17.5. The number of hydrogen-bond acceptors (Lipinski definition) is 4. The molecule has 0 N–H and O–H groups in total. The molecule has 1 aromatic heterocycles. The van der Waals surface area contributed by atoms with Gasteiger partial charge in [0.1, 0.15) is 6.04 Å². The minimum atomic E-state index is -4.78. The molecule has 0 unspecified atom stereocenters. The van der Waals surface area contributed by atoms with E-state index in [-0.39, 0.29) is 24.7 Å². The van der Waals surface area contributed by atoms with Crippen LogP contribution in [0.1, 0.15) is 29.0 Å². The third-order valence-corrected chi connectivity index (χ3v) is 3.90. The molecule has 2 heterocycles. The Bertz CT molecular complexity index is 763. The van der Waals surface area contributed by atoms with Crippen LogP contribution in [0.3, 0.4) is 0 Å². The van der Waals surface area contributed by atoms with E-state index in [0.29, 0.717) is 10.5 Å². The van der Waals surface area contributed by atoms with Crippen molar-refractivity contribution >= 4 is 5.91 Å². The van der Waals surface area contributed by atoms with Crippen molar-refractivity contribution in [3.05, 3.63) is 47.2 Å². The van der Waals surface area contributed by atoms with Gasteiger partial charge in [0.15, 0.2) is 0 Å². The van der Waals surface area contributed by atoms with Crippen LogP contribution in [0, 0.1) is 6.92 Å². The fourth-order valence-corrected chi connectivity index (χ4v) is 2.69. The van der Waals surface area contributed by atoms with Crippen molar-refractivity contribution in [3.63, 3.8) is 0 Å². The molecule has 3 rings (SSSR count). The topological polar surface area (TPSA) is 59.2 Å². The summed E-state index contributed by atoms with van der Waals surface area (Å²) in [5, 5.41) is 7.38. The number of carbonyl (C=O) groups excluding carboxylic acids is 1. The van der Waals surface area contributed by atoms with Crippen molar-refractivity contribution in [1.29, 1.82) is 0 Å². The van der Waals surface area contributed by atoms with E-state index in [2.05, 4.69) is 10.2 Å². The van der Waals surface area contributed by atoms with Crippen LogP contribution >= 0.6 is 0 Å². The fraction of sp³-hybridized carbons (Fsp3) is 0.400. The summed E-state index contributed by atoms with van der Waals surface area (Å²) < 4.78 is 57.6. The van der Waals surface area contributed by atoms with Gasteiger partial charge in [0.2, 0.25) is 11.8 Å². The maximum absolute atomic E-state index is 13.6. The zero-order valence-corrected chi connectivity index (χ0v) is 12.5. The van der Waals surface area contributed by atoms with Gasteiger partial charge in [-0.1, -0.05) is 24.3 Å². The number of fused-ring (bicyclic) bond motifs is 1. The second kappa shape index (κ2) is 5.88. The number of aryl methyl sites for hydroxylation is 1. The smallest absolute Gasteiger partial charge is 0.383 e. The van der Waals surface area contributed by atoms with E-state index in [1.807, 2.05) is 0 Å². The highest BCUT2D eigenvalue weighted by atomic mass is 19.3. The van der Waals surface area contributed by atoms with E-state index < -0.39 is 24.3 Å². The minimum Gasteiger partial charge on any atom is -0.423 e. The average Bonchev–Trinajstić information content (AvgIpc) is 2.99. The molecule has 9 heteroatoms. The Morgan fingerprint density at radius 2 is 1.96 bits per heavy atom. The average molecular weight is 343 g/mol. The Balaban J connectivity index is 2.02. The van der Waals surface area contributed by atoms with Gasteiger partial charge in [0.25, 0.3) is 5.91 Å². The summed E-state index contributed by atoms with van der Waals surface area (Å²) >= 11 is 0. The van der Waals surface area contributed by atoms with Gasteiger partial charge in [-0.05, 0) is 11.1 Å². The molecule has 0 fully saturated rings. The fourth-order valence-electron chi connectivity index (χ4n) is 2.69. The molecule has 0 bridgehead atoms. The lowest BCUT2D eigenvalue weighted by molar-refractivity contribution is -0.184. The molecule has 0 saturated carbocycles. The van der Waals surface area contributed by atoms with Crippen molar-refractivity contribution in [2.45, 2.75) is 38.3 Å². The summed E-state index contributed by atoms with van der Waals surface area (Å²) in [5.41, 5.74) is 1.42. The molecule has 1 atom stereocenters. The molecule has 0 radical (unpaired) electrons. The van der Waals surface area contributed by atoms with Crippen LogP contribution in [0.15, 0.2) is 28.7 Å². The maximum atomic E-state index is 13.6. The van der Waals surface area contributed by atoms with Crippen LogP contribution in [0.5, 0.6) is 0 Å². The Morgan fingerprint density at radius 3 is 2.54 bits per heavy atom. The van der Waals surface area contributed by atoms with Crippen LogP contribution in [0.4, 0.5) is 17.6 Å². The number of benzene rings is 1. The normalized spacial score (nSPS) is 17.9. The minimum absolute atomic E-state index is 0.0552. The first kappa shape index (κ1) is 16.4. The van der Waals surface area contributed by atoms with E-state index in [9.17, 15) is 22.4 Å². The molecule has 2 aromatic rings. The molecule has 0 saturated heterocycles. The van der Waals surface area contributed by atoms with E-state index in [1.165, 1.54) is 6.92 Å². The Hall–Kier alpha value is -2.45. The monoisotopic (exact) mass is 343 g/mol. The Morgan fingerprint density at radius 1 is 1.29 bits per heavy atom. The highest BCUT2D eigenvalue weighted by molar-refractivity contribution is 5.84. The molecule has 1 aliphatic heterocycles. The van der Waals surface area contributed by atoms with Crippen molar-refractivity contribution in [2.24, 2.45) is 0 Å². The second-order valence-corrected chi connectivity index (χ2v) is 5.50. The predicted octanol–water partition coefficient (Wildman–Crippen LogP) is 2.90. The molecule has 0 aliphatic carbocycles. The Labute approximate surface area is 134 Å². The van der Waals surface area contributed by atoms with Crippen molar-refractivity contribution < 1.29 is 26.8 Å². The van der Waals surface area contributed by atoms with Gasteiger partial charge in [0.05, 0.1) is 0 Å². The van der Waals surface area contributed by atoms with Gasteiger partial charge in [-0.15, -0.1) is 10.2 Å². The summed E-state index contributed by atoms with van der Waals surface area (Å²) in [6, 6.07) is 5.87. The number of carbonyl (C=O) groups is 1. The number of hydrogen-bond donors (Lipinski definition) is 0. The SMILES string of the molecule is Cc1nnc([C@H]2Cc3ccccc3CN2C(=O)C(F)(F)C(F)F)o1. The number of rotatable bonds is 3. The number of nitrogens with zero attached hydrogens (tertiary/aromatic N) is 3. The Kier molecular flexibility index (Phi) is 4.02. The molecule has 1 aromatic carbocycles. The maximum Gasteiger partial charge on any atom is 0.383 e. The lowest BCUT2D eigenvalue weighted by atomic mass is 9.93. The number of amides is 1. The first-order valence-electron chi connectivity index (χ1n) is 7.14. The van der Waals surface area contributed by atoms with E-state index >= 15 is 0 Å². The number of halogens is 4. The van der Waals surface area contributed by atoms with Gasteiger partial charge >= 0.3 is 12.3 Å². The first-order valence-corrected chi connectivity index (χ1v) is 7.14. The molecule has 1 amide bonds. The zero-order valence-electron chi connectivity index (χ0n) is 12.5. The summed E-state index contributed by atoms with van der Waals surface area (Å²) in [6.07, 6.45) is -3.96. The largest absolute Gasteiger partial charge is 0.423 e. The molecular formula is C15H13F4N3O2. The quantitative estimate of drug-likeness (QED) is 0.804. The third kappa shape index (κ3) is 2.74. The summed E-state index contributed by atoms with van der Waals surface area (Å²) in [6.45, 7) is 1.27. The van der Waals surface area contributed by atoms with Gasteiger partial charge in [-0.25, -0.2) is 8.78 Å².